The third-order valence-corrected chi connectivity index (χ3v) is 7.10. The van der Waals surface area contributed by atoms with Crippen molar-refractivity contribution in [1.82, 2.24) is 24.7 Å². The van der Waals surface area contributed by atoms with Crippen molar-refractivity contribution in [2.75, 3.05) is 23.3 Å². The highest BCUT2D eigenvalue weighted by Crippen LogP contribution is 2.40. The molecule has 1 N–H and O–H groups in total. The largest absolute Gasteiger partial charge is 0.479 e. The Labute approximate surface area is 194 Å². The molecule has 11 heteroatoms. The van der Waals surface area contributed by atoms with Gasteiger partial charge in [0.2, 0.25) is 11.8 Å². The van der Waals surface area contributed by atoms with Crippen LogP contribution in [0, 0.1) is 36.2 Å². The van der Waals surface area contributed by atoms with Crippen molar-refractivity contribution in [2.24, 2.45) is 11.8 Å². The molecule has 34 heavy (non-hydrogen) atoms. The Morgan fingerprint density at radius 3 is 2.59 bits per heavy atom. The van der Waals surface area contributed by atoms with E-state index in [0.717, 1.165) is 49.6 Å². The molecular weight excluding hydrogens is 447 g/mol. The van der Waals surface area contributed by atoms with Gasteiger partial charge in [0.05, 0.1) is 0 Å². The maximum absolute atomic E-state index is 14.1. The average Bonchev–Trinajstić information content (AvgIpc) is 3.45. The van der Waals surface area contributed by atoms with Crippen LogP contribution < -0.4 is 15.0 Å². The van der Waals surface area contributed by atoms with Crippen molar-refractivity contribution in [3.05, 3.63) is 53.5 Å². The molecule has 2 aromatic heterocycles. The predicted octanol–water partition coefficient (Wildman–Crippen LogP) is 3.64. The summed E-state index contributed by atoms with van der Waals surface area (Å²) >= 11 is 0. The van der Waals surface area contributed by atoms with Gasteiger partial charge in [-0.15, -0.1) is 5.10 Å². The number of aryl methyl sites for hydroxylation is 2. The fourth-order valence-corrected chi connectivity index (χ4v) is 5.46. The second-order valence-electron chi connectivity index (χ2n) is 9.28. The summed E-state index contributed by atoms with van der Waals surface area (Å²) in [6.07, 6.45) is 3.80. The molecular formula is C23H24F3N7O. The number of nitrogens with one attached hydrogen (secondary N) is 1. The van der Waals surface area contributed by atoms with Crippen molar-refractivity contribution in [3.63, 3.8) is 0 Å². The van der Waals surface area contributed by atoms with E-state index in [9.17, 15) is 13.2 Å². The molecule has 3 aromatic rings. The third-order valence-electron chi connectivity index (χ3n) is 7.10. The second-order valence-corrected chi connectivity index (χ2v) is 9.28. The first-order valence-corrected chi connectivity index (χ1v) is 11.5. The Kier molecular flexibility index (Phi) is 5.07. The van der Waals surface area contributed by atoms with E-state index in [1.807, 2.05) is 13.0 Å². The second kappa shape index (κ2) is 8.14. The lowest BCUT2D eigenvalue weighted by Crippen LogP contribution is -2.48. The number of fused-ring (bicyclic) bond motifs is 3. The van der Waals surface area contributed by atoms with Gasteiger partial charge in [0.25, 0.3) is 0 Å². The van der Waals surface area contributed by atoms with Crippen LogP contribution >= 0.6 is 0 Å². The first kappa shape index (κ1) is 21.2. The summed E-state index contributed by atoms with van der Waals surface area (Å²) < 4.78 is 48.3. The van der Waals surface area contributed by atoms with E-state index < -0.39 is 23.6 Å². The molecule has 4 heterocycles. The number of hydrogen-bond acceptors (Lipinski definition) is 7. The molecule has 2 bridgehead atoms. The van der Waals surface area contributed by atoms with E-state index in [4.69, 9.17) is 4.74 Å². The number of aromatic nitrogens is 5. The van der Waals surface area contributed by atoms with Crippen molar-refractivity contribution in [2.45, 2.75) is 44.9 Å². The fraction of sp³-hybridized carbons (Fsp3) is 0.478. The maximum atomic E-state index is 14.1. The maximum Gasteiger partial charge on any atom is 0.242 e. The van der Waals surface area contributed by atoms with Crippen molar-refractivity contribution < 1.29 is 17.9 Å². The van der Waals surface area contributed by atoms with Gasteiger partial charge in [0.1, 0.15) is 12.1 Å². The molecule has 1 unspecified atom stereocenters. The highest BCUT2D eigenvalue weighted by atomic mass is 19.2. The Morgan fingerprint density at radius 2 is 1.82 bits per heavy atom. The third kappa shape index (κ3) is 3.63. The molecule has 6 rings (SSSR count). The van der Waals surface area contributed by atoms with E-state index in [2.05, 4.69) is 30.3 Å². The minimum Gasteiger partial charge on any atom is -0.479 e. The van der Waals surface area contributed by atoms with Gasteiger partial charge < -0.3 is 15.0 Å². The highest BCUT2D eigenvalue weighted by Gasteiger charge is 2.43. The Bertz CT molecular complexity index is 1220. The average molecular weight is 471 g/mol. The van der Waals surface area contributed by atoms with Gasteiger partial charge in [-0.1, -0.05) is 0 Å². The first-order valence-electron chi connectivity index (χ1n) is 11.5. The zero-order chi connectivity index (χ0) is 23.4. The topological polar surface area (TPSA) is 81.0 Å². The molecule has 4 atom stereocenters. The zero-order valence-electron chi connectivity index (χ0n) is 18.6. The molecule has 0 radical (unpaired) electrons. The molecule has 2 fully saturated rings. The smallest absolute Gasteiger partial charge is 0.242 e. The van der Waals surface area contributed by atoms with Crippen molar-refractivity contribution in [1.29, 1.82) is 0 Å². The molecule has 8 nitrogen and oxygen atoms in total. The van der Waals surface area contributed by atoms with Crippen LogP contribution in [0.4, 0.5) is 24.9 Å². The molecule has 1 aliphatic carbocycles. The van der Waals surface area contributed by atoms with E-state index in [0.29, 0.717) is 36.6 Å². The molecule has 1 saturated heterocycles. The number of halogens is 3. The number of ether oxygens (including phenoxy) is 1. The lowest BCUT2D eigenvalue weighted by Gasteiger charge is -2.38. The van der Waals surface area contributed by atoms with Crippen LogP contribution in [-0.4, -0.2) is 43.9 Å². The number of nitrogens with zero attached hydrogens (tertiary/aromatic N) is 6. The SMILES string of the molecule is Cc1cc(N2C[C@H]3CC[C@@H](C2)C3Nc2nc3n(n2)CC[C@H]3Oc2ccc(F)c(F)c2F)ncn1. The van der Waals surface area contributed by atoms with Crippen LogP contribution in [-0.2, 0) is 6.54 Å². The van der Waals surface area contributed by atoms with Gasteiger partial charge in [0.15, 0.2) is 29.3 Å². The summed E-state index contributed by atoms with van der Waals surface area (Å²) in [4.78, 5) is 15.6. The highest BCUT2D eigenvalue weighted by molar-refractivity contribution is 5.41. The molecule has 178 valence electrons. The van der Waals surface area contributed by atoms with Crippen molar-refractivity contribution >= 4 is 11.8 Å². The van der Waals surface area contributed by atoms with E-state index >= 15 is 0 Å². The molecule has 0 amide bonds. The van der Waals surface area contributed by atoms with E-state index in [1.165, 1.54) is 0 Å². The van der Waals surface area contributed by atoms with E-state index in [-0.39, 0.29) is 11.8 Å². The van der Waals surface area contributed by atoms with Gasteiger partial charge >= 0.3 is 0 Å². The number of piperidine rings is 1. The van der Waals surface area contributed by atoms with Crippen molar-refractivity contribution in [3.8, 4) is 5.75 Å². The Morgan fingerprint density at radius 1 is 1.03 bits per heavy atom. The summed E-state index contributed by atoms with van der Waals surface area (Å²) in [6.45, 7) is 4.33. The fourth-order valence-electron chi connectivity index (χ4n) is 5.46. The molecule has 1 saturated carbocycles. The molecule has 0 spiro atoms. The van der Waals surface area contributed by atoms with Gasteiger partial charge in [-0.25, -0.2) is 23.4 Å². The lowest BCUT2D eigenvalue weighted by atomic mass is 9.92. The summed E-state index contributed by atoms with van der Waals surface area (Å²) in [5, 5.41) is 8.10. The summed E-state index contributed by atoms with van der Waals surface area (Å²) in [6, 6.07) is 4.22. The van der Waals surface area contributed by atoms with Gasteiger partial charge in [0, 0.05) is 43.9 Å². The Balaban J connectivity index is 1.15. The minimum absolute atomic E-state index is 0.255. The van der Waals surface area contributed by atoms with Crippen LogP contribution in [0.1, 0.15) is 36.9 Å². The summed E-state index contributed by atoms with van der Waals surface area (Å²) in [7, 11) is 0. The van der Waals surface area contributed by atoms with Crippen LogP contribution in [0.25, 0.3) is 0 Å². The number of anilines is 2. The zero-order valence-corrected chi connectivity index (χ0v) is 18.6. The van der Waals surface area contributed by atoms with Gasteiger partial charge in [-0.2, -0.15) is 9.37 Å². The molecule has 3 aliphatic rings. The van der Waals surface area contributed by atoms with Crippen LogP contribution in [0.2, 0.25) is 0 Å². The van der Waals surface area contributed by atoms with Crippen LogP contribution in [0.3, 0.4) is 0 Å². The lowest BCUT2D eigenvalue weighted by molar-refractivity contribution is 0.191. The normalized spacial score (nSPS) is 25.5. The number of hydrogen-bond donors (Lipinski definition) is 1. The molecule has 2 aliphatic heterocycles. The van der Waals surface area contributed by atoms with Crippen LogP contribution in [0.5, 0.6) is 5.75 Å². The van der Waals surface area contributed by atoms with Gasteiger partial charge in [-0.05, 0) is 43.7 Å². The van der Waals surface area contributed by atoms with Gasteiger partial charge in [-0.3, -0.25) is 0 Å². The standard InChI is InChI=1S/C23H24F3N7O/c1-12-8-18(28-11-27-12)32-9-13-2-3-14(10-32)21(13)29-23-30-22-17(6-7-33(22)31-23)34-16-5-4-15(24)19(25)20(16)26/h4-5,8,11,13-14,17,21H,2-3,6-7,9-10H2,1H3,(H,29,31)/t13-,14+,17-,21?/m1/s1. The summed E-state index contributed by atoms with van der Waals surface area (Å²) in [5.74, 6) is -1.55. The molecule has 1 aromatic carbocycles. The number of rotatable bonds is 5. The summed E-state index contributed by atoms with van der Waals surface area (Å²) in [5.41, 5.74) is 0.953. The minimum atomic E-state index is -1.54. The number of benzene rings is 1. The first-order chi connectivity index (χ1) is 16.5. The quantitative estimate of drug-likeness (QED) is 0.569. The monoisotopic (exact) mass is 471 g/mol. The predicted molar refractivity (Wildman–Crippen MR) is 117 cm³/mol. The Hall–Kier alpha value is -3.37. The van der Waals surface area contributed by atoms with Crippen LogP contribution in [0.15, 0.2) is 24.5 Å². The van der Waals surface area contributed by atoms with E-state index in [1.54, 1.807) is 11.0 Å².